The van der Waals surface area contributed by atoms with Crippen molar-refractivity contribution >= 4 is 0 Å². The second-order valence-electron chi connectivity index (χ2n) is 3.22. The van der Waals surface area contributed by atoms with E-state index >= 15 is 0 Å². The molecule has 5 nitrogen and oxygen atoms in total. The lowest BCUT2D eigenvalue weighted by Gasteiger charge is -2.12. The van der Waals surface area contributed by atoms with Crippen molar-refractivity contribution in [2.24, 2.45) is 5.84 Å². The molecule has 0 aliphatic heterocycles. The number of hydrogen-bond donors (Lipinski definition) is 2. The molecule has 0 aliphatic carbocycles. The molecule has 0 bridgehead atoms. The molecule has 0 amide bonds. The van der Waals surface area contributed by atoms with Gasteiger partial charge in [0.2, 0.25) is 0 Å². The normalized spacial score (nSPS) is 12.7. The molecule has 1 atom stereocenters. The summed E-state index contributed by atoms with van der Waals surface area (Å²) >= 11 is 0. The molecule has 0 fully saturated rings. The van der Waals surface area contributed by atoms with E-state index < -0.39 is 0 Å². The van der Waals surface area contributed by atoms with Crippen LogP contribution in [0.3, 0.4) is 0 Å². The zero-order chi connectivity index (χ0) is 10.7. The summed E-state index contributed by atoms with van der Waals surface area (Å²) in [7, 11) is 0. The molecule has 2 aromatic heterocycles. The fourth-order valence-corrected chi connectivity index (χ4v) is 1.43. The summed E-state index contributed by atoms with van der Waals surface area (Å²) < 4.78 is 5.23. The molecule has 3 N–H and O–H groups in total. The van der Waals surface area contributed by atoms with E-state index in [-0.39, 0.29) is 6.04 Å². The van der Waals surface area contributed by atoms with Gasteiger partial charge in [0.25, 0.3) is 0 Å². The minimum atomic E-state index is -0.184. The van der Waals surface area contributed by atoms with Crippen molar-refractivity contribution in [2.75, 3.05) is 0 Å². The van der Waals surface area contributed by atoms with Crippen molar-refractivity contribution in [2.45, 2.75) is 13.0 Å². The van der Waals surface area contributed by atoms with E-state index in [9.17, 15) is 0 Å². The Balaban J connectivity index is 2.33. The second kappa shape index (κ2) is 4.20. The predicted octanol–water partition coefficient (Wildman–Crippen LogP) is 0.931. The lowest BCUT2D eigenvalue weighted by atomic mass is 10.1. The van der Waals surface area contributed by atoms with Gasteiger partial charge in [0.15, 0.2) is 0 Å². The summed E-state index contributed by atoms with van der Waals surface area (Å²) in [5, 5.41) is 0. The average molecular weight is 204 g/mol. The van der Waals surface area contributed by atoms with Crippen LogP contribution >= 0.6 is 0 Å². The largest absolute Gasteiger partial charge is 0.469 e. The van der Waals surface area contributed by atoms with Crippen molar-refractivity contribution in [3.05, 3.63) is 47.9 Å². The van der Waals surface area contributed by atoms with Gasteiger partial charge in [-0.1, -0.05) is 0 Å². The van der Waals surface area contributed by atoms with Crippen molar-refractivity contribution in [1.82, 2.24) is 15.4 Å². The molecule has 2 aromatic rings. The Morgan fingerprint density at radius 3 is 2.87 bits per heavy atom. The zero-order valence-electron chi connectivity index (χ0n) is 8.34. The van der Waals surface area contributed by atoms with E-state index in [1.165, 1.54) is 0 Å². The molecule has 0 saturated carbocycles. The number of nitrogens with two attached hydrogens (primary N) is 1. The summed E-state index contributed by atoms with van der Waals surface area (Å²) in [6, 6.07) is 1.73. The van der Waals surface area contributed by atoms with Crippen LogP contribution in [0, 0.1) is 6.92 Å². The molecule has 2 rings (SSSR count). The third-order valence-corrected chi connectivity index (χ3v) is 2.13. The first-order chi connectivity index (χ1) is 7.31. The summed E-state index contributed by atoms with van der Waals surface area (Å²) in [6.07, 6.45) is 6.59. The summed E-state index contributed by atoms with van der Waals surface area (Å²) in [5.41, 5.74) is 4.39. The SMILES string of the molecule is Cc1cc(C(NN)c2cnccn2)co1. The van der Waals surface area contributed by atoms with Gasteiger partial charge in [-0.25, -0.2) is 5.43 Å². The molecule has 0 aromatic carbocycles. The van der Waals surface area contributed by atoms with Gasteiger partial charge in [-0.15, -0.1) is 0 Å². The van der Waals surface area contributed by atoms with E-state index in [0.717, 1.165) is 17.0 Å². The molecule has 0 spiro atoms. The first-order valence-electron chi connectivity index (χ1n) is 4.58. The first kappa shape index (κ1) is 9.82. The molecular formula is C10H12N4O. The maximum absolute atomic E-state index is 5.49. The Morgan fingerprint density at radius 1 is 1.47 bits per heavy atom. The molecule has 0 saturated heterocycles. The Hall–Kier alpha value is -1.72. The standard InChI is InChI=1S/C10H12N4O/c1-7-4-8(6-15-7)10(14-11)9-5-12-2-3-13-9/h2-6,10,14H,11H2,1H3. The van der Waals surface area contributed by atoms with Gasteiger partial charge < -0.3 is 4.42 Å². The lowest BCUT2D eigenvalue weighted by molar-refractivity contribution is 0.524. The maximum atomic E-state index is 5.49. The van der Waals surface area contributed by atoms with Crippen LogP contribution in [-0.2, 0) is 0 Å². The first-order valence-corrected chi connectivity index (χ1v) is 4.58. The van der Waals surface area contributed by atoms with Crippen molar-refractivity contribution in [3.8, 4) is 0 Å². The molecular weight excluding hydrogens is 192 g/mol. The Kier molecular flexibility index (Phi) is 2.75. The monoisotopic (exact) mass is 204 g/mol. The Labute approximate surface area is 87.3 Å². The zero-order valence-corrected chi connectivity index (χ0v) is 8.34. The Morgan fingerprint density at radius 2 is 2.33 bits per heavy atom. The molecule has 1 unspecified atom stereocenters. The van der Waals surface area contributed by atoms with Gasteiger partial charge in [0, 0.05) is 18.0 Å². The quantitative estimate of drug-likeness (QED) is 0.574. The van der Waals surface area contributed by atoms with Crippen LogP contribution in [0.2, 0.25) is 0 Å². The fourth-order valence-electron chi connectivity index (χ4n) is 1.43. The smallest absolute Gasteiger partial charge is 0.101 e. The molecule has 2 heterocycles. The van der Waals surface area contributed by atoms with Gasteiger partial charge in [-0.05, 0) is 13.0 Å². The minimum Gasteiger partial charge on any atom is -0.469 e. The number of furan rings is 1. The average Bonchev–Trinajstić information content (AvgIpc) is 2.68. The third-order valence-electron chi connectivity index (χ3n) is 2.13. The maximum Gasteiger partial charge on any atom is 0.101 e. The van der Waals surface area contributed by atoms with Crippen LogP contribution in [-0.4, -0.2) is 9.97 Å². The van der Waals surface area contributed by atoms with Crippen LogP contribution in [0.1, 0.15) is 23.1 Å². The molecule has 78 valence electrons. The van der Waals surface area contributed by atoms with Crippen molar-refractivity contribution in [3.63, 3.8) is 0 Å². The highest BCUT2D eigenvalue weighted by molar-refractivity contribution is 5.24. The summed E-state index contributed by atoms with van der Waals surface area (Å²) in [5.74, 6) is 6.33. The predicted molar refractivity (Wildman–Crippen MR) is 54.6 cm³/mol. The molecule has 15 heavy (non-hydrogen) atoms. The van der Waals surface area contributed by atoms with Crippen molar-refractivity contribution in [1.29, 1.82) is 0 Å². The van der Waals surface area contributed by atoms with Gasteiger partial charge >= 0.3 is 0 Å². The highest BCUT2D eigenvalue weighted by Crippen LogP contribution is 2.20. The van der Waals surface area contributed by atoms with Gasteiger partial charge in [-0.3, -0.25) is 15.8 Å². The van der Waals surface area contributed by atoms with Crippen LogP contribution < -0.4 is 11.3 Å². The van der Waals surface area contributed by atoms with E-state index in [0.29, 0.717) is 0 Å². The van der Waals surface area contributed by atoms with Crippen LogP contribution in [0.25, 0.3) is 0 Å². The fraction of sp³-hybridized carbons (Fsp3) is 0.200. The third kappa shape index (κ3) is 2.03. The lowest BCUT2D eigenvalue weighted by Crippen LogP contribution is -2.29. The highest BCUT2D eigenvalue weighted by Gasteiger charge is 2.15. The molecule has 0 aliphatic rings. The minimum absolute atomic E-state index is 0.184. The van der Waals surface area contributed by atoms with Crippen LogP contribution in [0.15, 0.2) is 35.3 Å². The van der Waals surface area contributed by atoms with E-state index in [1.54, 1.807) is 24.9 Å². The van der Waals surface area contributed by atoms with Crippen LogP contribution in [0.5, 0.6) is 0 Å². The topological polar surface area (TPSA) is 77.0 Å². The summed E-state index contributed by atoms with van der Waals surface area (Å²) in [6.45, 7) is 1.88. The number of hydrogen-bond acceptors (Lipinski definition) is 5. The number of hydrazine groups is 1. The highest BCUT2D eigenvalue weighted by atomic mass is 16.3. The number of aryl methyl sites for hydroxylation is 1. The molecule has 5 heteroatoms. The number of nitrogens with zero attached hydrogens (tertiary/aromatic N) is 2. The van der Waals surface area contributed by atoms with E-state index in [2.05, 4.69) is 15.4 Å². The Bertz CT molecular complexity index is 426. The van der Waals surface area contributed by atoms with Gasteiger partial charge in [0.1, 0.15) is 5.76 Å². The van der Waals surface area contributed by atoms with E-state index in [4.69, 9.17) is 10.3 Å². The molecule has 0 radical (unpaired) electrons. The van der Waals surface area contributed by atoms with Gasteiger partial charge in [0.05, 0.1) is 24.2 Å². The van der Waals surface area contributed by atoms with E-state index in [1.807, 2.05) is 13.0 Å². The van der Waals surface area contributed by atoms with Crippen LogP contribution in [0.4, 0.5) is 0 Å². The number of rotatable bonds is 3. The van der Waals surface area contributed by atoms with Crippen molar-refractivity contribution < 1.29 is 4.42 Å². The number of aromatic nitrogens is 2. The summed E-state index contributed by atoms with van der Waals surface area (Å²) in [4.78, 5) is 8.19. The second-order valence-corrected chi connectivity index (χ2v) is 3.22. The van der Waals surface area contributed by atoms with Gasteiger partial charge in [-0.2, -0.15) is 0 Å². The number of nitrogens with one attached hydrogen (secondary N) is 1.